The lowest BCUT2D eigenvalue weighted by molar-refractivity contribution is 0.217. The van der Waals surface area contributed by atoms with Crippen LogP contribution in [-0.2, 0) is 0 Å². The fraction of sp³-hybridized carbons (Fsp3) is 0.235. The zero-order valence-electron chi connectivity index (χ0n) is 11.8. The Morgan fingerprint density at radius 1 is 1.15 bits per heavy atom. The Hall–Kier alpha value is -2.47. The minimum Gasteiger partial charge on any atom is -0.491 e. The highest BCUT2D eigenvalue weighted by atomic mass is 16.5. The molecule has 0 aliphatic rings. The van der Waals surface area contributed by atoms with Crippen LogP contribution in [-0.4, -0.2) is 6.10 Å². The Balaban J connectivity index is 2.13. The Morgan fingerprint density at radius 2 is 1.85 bits per heavy atom. The van der Waals surface area contributed by atoms with Crippen LogP contribution in [0.1, 0.15) is 25.8 Å². The molecule has 3 nitrogen and oxygen atoms in total. The molecule has 3 heteroatoms. The number of nitriles is 1. The quantitative estimate of drug-likeness (QED) is 0.867. The van der Waals surface area contributed by atoms with Gasteiger partial charge in [-0.15, -0.1) is 0 Å². The standard InChI is InChI=1S/C17H18N2O/c1-3-13(2)20-17-9-5-8-16(11-17)19-15-7-4-6-14(10-15)12-18/h4-11,13,19H,3H2,1-2H3. The molecule has 20 heavy (non-hydrogen) atoms. The number of ether oxygens (including phenoxy) is 1. The van der Waals surface area contributed by atoms with Crippen molar-refractivity contribution in [1.82, 2.24) is 0 Å². The first-order chi connectivity index (χ1) is 9.71. The van der Waals surface area contributed by atoms with Crippen LogP contribution in [0.2, 0.25) is 0 Å². The molecule has 0 fully saturated rings. The molecular formula is C17H18N2O. The van der Waals surface area contributed by atoms with Crippen LogP contribution in [0, 0.1) is 11.3 Å². The Labute approximate surface area is 119 Å². The van der Waals surface area contributed by atoms with E-state index in [1.165, 1.54) is 0 Å². The molecule has 0 saturated heterocycles. The van der Waals surface area contributed by atoms with Crippen molar-refractivity contribution in [3.05, 3.63) is 54.1 Å². The third-order valence-corrected chi connectivity index (χ3v) is 3.03. The van der Waals surface area contributed by atoms with Crippen LogP contribution in [0.4, 0.5) is 11.4 Å². The van der Waals surface area contributed by atoms with Crippen molar-refractivity contribution in [2.45, 2.75) is 26.4 Å². The molecule has 2 aromatic rings. The van der Waals surface area contributed by atoms with Gasteiger partial charge in [0.1, 0.15) is 5.75 Å². The van der Waals surface area contributed by atoms with Crippen LogP contribution in [0.3, 0.4) is 0 Å². The number of benzene rings is 2. The van der Waals surface area contributed by atoms with Crippen LogP contribution >= 0.6 is 0 Å². The summed E-state index contributed by atoms with van der Waals surface area (Å²) in [5.41, 5.74) is 2.48. The molecule has 1 N–H and O–H groups in total. The molecule has 1 unspecified atom stereocenters. The van der Waals surface area contributed by atoms with Crippen molar-refractivity contribution in [3.63, 3.8) is 0 Å². The van der Waals surface area contributed by atoms with E-state index in [2.05, 4.69) is 25.2 Å². The Morgan fingerprint density at radius 3 is 2.55 bits per heavy atom. The highest BCUT2D eigenvalue weighted by Crippen LogP contribution is 2.23. The lowest BCUT2D eigenvalue weighted by Gasteiger charge is -2.14. The number of hydrogen-bond acceptors (Lipinski definition) is 3. The van der Waals surface area contributed by atoms with Crippen LogP contribution < -0.4 is 10.1 Å². The van der Waals surface area contributed by atoms with E-state index in [-0.39, 0.29) is 6.10 Å². The van der Waals surface area contributed by atoms with E-state index >= 15 is 0 Å². The van der Waals surface area contributed by atoms with Crippen molar-refractivity contribution in [2.24, 2.45) is 0 Å². The highest BCUT2D eigenvalue weighted by Gasteiger charge is 2.02. The van der Waals surface area contributed by atoms with Gasteiger partial charge in [-0.05, 0) is 43.7 Å². The molecule has 0 heterocycles. The SMILES string of the molecule is CCC(C)Oc1cccc(Nc2cccc(C#N)c2)c1. The molecule has 2 rings (SSSR count). The minimum absolute atomic E-state index is 0.201. The van der Waals surface area contributed by atoms with Crippen LogP contribution in [0.5, 0.6) is 5.75 Å². The largest absolute Gasteiger partial charge is 0.491 e. The summed E-state index contributed by atoms with van der Waals surface area (Å²) in [4.78, 5) is 0. The van der Waals surface area contributed by atoms with Crippen molar-refractivity contribution in [3.8, 4) is 11.8 Å². The van der Waals surface area contributed by atoms with E-state index in [0.29, 0.717) is 5.56 Å². The molecule has 0 spiro atoms. The first-order valence-corrected chi connectivity index (χ1v) is 6.75. The van der Waals surface area contributed by atoms with Gasteiger partial charge in [0.15, 0.2) is 0 Å². The maximum absolute atomic E-state index is 8.90. The summed E-state index contributed by atoms with van der Waals surface area (Å²) in [6.45, 7) is 4.15. The Kier molecular flexibility index (Phi) is 4.62. The topological polar surface area (TPSA) is 45.0 Å². The molecule has 0 aliphatic carbocycles. The van der Waals surface area contributed by atoms with Gasteiger partial charge in [-0.25, -0.2) is 0 Å². The third-order valence-electron chi connectivity index (χ3n) is 3.03. The van der Waals surface area contributed by atoms with Gasteiger partial charge < -0.3 is 10.1 Å². The smallest absolute Gasteiger partial charge is 0.121 e. The molecule has 0 amide bonds. The van der Waals surface area contributed by atoms with Crippen molar-refractivity contribution < 1.29 is 4.74 Å². The van der Waals surface area contributed by atoms with Gasteiger partial charge in [0, 0.05) is 17.4 Å². The normalized spacial score (nSPS) is 11.4. The average Bonchev–Trinajstić information content (AvgIpc) is 2.47. The van der Waals surface area contributed by atoms with E-state index < -0.39 is 0 Å². The van der Waals surface area contributed by atoms with Crippen molar-refractivity contribution >= 4 is 11.4 Å². The second-order valence-corrected chi connectivity index (χ2v) is 4.68. The minimum atomic E-state index is 0.201. The number of rotatable bonds is 5. The lowest BCUT2D eigenvalue weighted by atomic mass is 10.2. The monoisotopic (exact) mass is 266 g/mol. The fourth-order valence-corrected chi connectivity index (χ4v) is 1.80. The van der Waals surface area contributed by atoms with Gasteiger partial charge in [0.05, 0.1) is 17.7 Å². The van der Waals surface area contributed by atoms with Crippen molar-refractivity contribution in [1.29, 1.82) is 5.26 Å². The molecular weight excluding hydrogens is 248 g/mol. The molecule has 0 saturated carbocycles. The van der Waals surface area contributed by atoms with E-state index in [1.807, 2.05) is 42.5 Å². The van der Waals surface area contributed by atoms with Gasteiger partial charge >= 0.3 is 0 Å². The van der Waals surface area contributed by atoms with Gasteiger partial charge in [-0.2, -0.15) is 5.26 Å². The summed E-state index contributed by atoms with van der Waals surface area (Å²) < 4.78 is 5.79. The first kappa shape index (κ1) is 14.0. The molecule has 0 radical (unpaired) electrons. The zero-order chi connectivity index (χ0) is 14.4. The Bertz CT molecular complexity index is 616. The molecule has 0 aliphatic heterocycles. The van der Waals surface area contributed by atoms with Crippen LogP contribution in [0.25, 0.3) is 0 Å². The predicted molar refractivity (Wildman–Crippen MR) is 81.3 cm³/mol. The maximum atomic E-state index is 8.90. The van der Waals surface area contributed by atoms with E-state index in [1.54, 1.807) is 6.07 Å². The van der Waals surface area contributed by atoms with Gasteiger partial charge in [-0.3, -0.25) is 0 Å². The van der Waals surface area contributed by atoms with E-state index in [0.717, 1.165) is 23.5 Å². The van der Waals surface area contributed by atoms with Crippen molar-refractivity contribution in [2.75, 3.05) is 5.32 Å². The molecule has 1 atom stereocenters. The highest BCUT2D eigenvalue weighted by molar-refractivity contribution is 5.62. The molecule has 0 bridgehead atoms. The second kappa shape index (κ2) is 6.63. The number of hydrogen-bond donors (Lipinski definition) is 1. The van der Waals surface area contributed by atoms with Gasteiger partial charge in [0.25, 0.3) is 0 Å². The summed E-state index contributed by atoms with van der Waals surface area (Å²) in [6, 6.07) is 17.4. The number of nitrogens with zero attached hydrogens (tertiary/aromatic N) is 1. The van der Waals surface area contributed by atoms with Crippen LogP contribution in [0.15, 0.2) is 48.5 Å². The van der Waals surface area contributed by atoms with Gasteiger partial charge in [-0.1, -0.05) is 19.1 Å². The summed E-state index contributed by atoms with van der Waals surface area (Å²) >= 11 is 0. The lowest BCUT2D eigenvalue weighted by Crippen LogP contribution is -2.09. The maximum Gasteiger partial charge on any atom is 0.121 e. The number of anilines is 2. The summed E-state index contributed by atoms with van der Waals surface area (Å²) in [5, 5.41) is 12.2. The van der Waals surface area contributed by atoms with E-state index in [9.17, 15) is 0 Å². The predicted octanol–water partition coefficient (Wildman–Crippen LogP) is 4.48. The molecule has 102 valence electrons. The van der Waals surface area contributed by atoms with Gasteiger partial charge in [0.2, 0.25) is 0 Å². The van der Waals surface area contributed by atoms with E-state index in [4.69, 9.17) is 10.00 Å². The third kappa shape index (κ3) is 3.76. The summed E-state index contributed by atoms with van der Waals surface area (Å²) in [6.07, 6.45) is 1.18. The molecule has 0 aromatic heterocycles. The average molecular weight is 266 g/mol. The number of nitrogens with one attached hydrogen (secondary N) is 1. The zero-order valence-corrected chi connectivity index (χ0v) is 11.8. The first-order valence-electron chi connectivity index (χ1n) is 6.75. The summed E-state index contributed by atoms with van der Waals surface area (Å²) in [5.74, 6) is 0.848. The second-order valence-electron chi connectivity index (χ2n) is 4.68. The molecule has 2 aromatic carbocycles. The summed E-state index contributed by atoms with van der Waals surface area (Å²) in [7, 11) is 0. The fourth-order valence-electron chi connectivity index (χ4n) is 1.80.